The first kappa shape index (κ1) is 18.3. The SMILES string of the molecule is COc1ccc2oc(=Nc3ccc(OC(F)(F)F)cc3)c(C(N)=O)cc2c1. The van der Waals surface area contributed by atoms with Gasteiger partial charge in [-0.15, -0.1) is 13.2 Å². The Morgan fingerprint density at radius 1 is 1.07 bits per heavy atom. The van der Waals surface area contributed by atoms with Crippen LogP contribution in [0.4, 0.5) is 18.9 Å². The summed E-state index contributed by atoms with van der Waals surface area (Å²) in [6, 6.07) is 11.3. The van der Waals surface area contributed by atoms with Crippen LogP contribution < -0.4 is 20.8 Å². The summed E-state index contributed by atoms with van der Waals surface area (Å²) in [6.07, 6.45) is -4.79. The number of benzene rings is 2. The van der Waals surface area contributed by atoms with Gasteiger partial charge in [0, 0.05) is 5.39 Å². The minimum Gasteiger partial charge on any atom is -0.497 e. The molecule has 0 fully saturated rings. The van der Waals surface area contributed by atoms with Gasteiger partial charge in [0.25, 0.3) is 5.91 Å². The van der Waals surface area contributed by atoms with E-state index in [1.54, 1.807) is 18.2 Å². The molecule has 3 rings (SSSR count). The van der Waals surface area contributed by atoms with E-state index in [-0.39, 0.29) is 22.6 Å². The molecule has 0 atom stereocenters. The standard InChI is InChI=1S/C18H13F3N2O4/c1-25-13-6-7-15-10(8-13)9-14(16(22)24)17(26-15)23-11-2-4-12(5-3-11)27-18(19,20)21/h2-9H,1H3,(H2,22,24). The van der Waals surface area contributed by atoms with Gasteiger partial charge in [0.05, 0.1) is 12.8 Å². The molecule has 1 heterocycles. The van der Waals surface area contributed by atoms with Crippen molar-refractivity contribution in [2.24, 2.45) is 10.7 Å². The Hall–Kier alpha value is -3.49. The molecular weight excluding hydrogens is 365 g/mol. The molecule has 27 heavy (non-hydrogen) atoms. The van der Waals surface area contributed by atoms with Crippen LogP contribution in [-0.2, 0) is 0 Å². The zero-order valence-electron chi connectivity index (χ0n) is 13.9. The summed E-state index contributed by atoms with van der Waals surface area (Å²) >= 11 is 0. The molecule has 0 aliphatic carbocycles. The molecule has 1 amide bonds. The van der Waals surface area contributed by atoms with Gasteiger partial charge in [-0.05, 0) is 48.5 Å². The molecule has 0 spiro atoms. The van der Waals surface area contributed by atoms with Crippen molar-refractivity contribution in [1.82, 2.24) is 0 Å². The summed E-state index contributed by atoms with van der Waals surface area (Å²) < 4.78 is 51.2. The number of nitrogens with zero attached hydrogens (tertiary/aromatic N) is 1. The molecule has 0 saturated carbocycles. The molecule has 0 aliphatic rings. The minimum atomic E-state index is -4.79. The number of amides is 1. The number of hydrogen-bond acceptors (Lipinski definition) is 5. The number of alkyl halides is 3. The maximum absolute atomic E-state index is 12.2. The third-order valence-corrected chi connectivity index (χ3v) is 3.52. The van der Waals surface area contributed by atoms with E-state index in [1.807, 2.05) is 0 Å². The van der Waals surface area contributed by atoms with Crippen molar-refractivity contribution >= 4 is 22.6 Å². The predicted molar refractivity (Wildman–Crippen MR) is 89.6 cm³/mol. The van der Waals surface area contributed by atoms with E-state index < -0.39 is 12.3 Å². The highest BCUT2D eigenvalue weighted by Gasteiger charge is 2.30. The van der Waals surface area contributed by atoms with Crippen molar-refractivity contribution in [3.63, 3.8) is 0 Å². The van der Waals surface area contributed by atoms with Crippen molar-refractivity contribution in [3.8, 4) is 11.5 Å². The van der Waals surface area contributed by atoms with Crippen molar-refractivity contribution in [2.45, 2.75) is 6.36 Å². The smallest absolute Gasteiger partial charge is 0.497 e. The number of primary amides is 1. The van der Waals surface area contributed by atoms with Crippen LogP contribution in [-0.4, -0.2) is 19.4 Å². The first-order valence-corrected chi connectivity index (χ1v) is 7.57. The number of carbonyl (C=O) groups excluding carboxylic acids is 1. The number of hydrogen-bond donors (Lipinski definition) is 1. The van der Waals surface area contributed by atoms with Crippen LogP contribution in [0.25, 0.3) is 11.0 Å². The van der Waals surface area contributed by atoms with Crippen molar-refractivity contribution < 1.29 is 31.9 Å². The minimum absolute atomic E-state index is 0.0198. The molecule has 3 aromatic rings. The number of methoxy groups -OCH3 is 1. The van der Waals surface area contributed by atoms with Crippen LogP contribution in [0, 0.1) is 0 Å². The van der Waals surface area contributed by atoms with E-state index >= 15 is 0 Å². The number of ether oxygens (including phenoxy) is 2. The van der Waals surface area contributed by atoms with Crippen LogP contribution in [0.5, 0.6) is 11.5 Å². The molecule has 1 aromatic heterocycles. The predicted octanol–water partition coefficient (Wildman–Crippen LogP) is 3.67. The van der Waals surface area contributed by atoms with E-state index in [4.69, 9.17) is 14.9 Å². The van der Waals surface area contributed by atoms with Crippen molar-refractivity contribution in [2.75, 3.05) is 7.11 Å². The van der Waals surface area contributed by atoms with E-state index in [2.05, 4.69) is 9.73 Å². The van der Waals surface area contributed by atoms with E-state index in [0.29, 0.717) is 16.7 Å². The van der Waals surface area contributed by atoms with Crippen LogP contribution in [0.1, 0.15) is 10.4 Å². The van der Waals surface area contributed by atoms with Crippen LogP contribution in [0.15, 0.2) is 57.9 Å². The van der Waals surface area contributed by atoms with Crippen LogP contribution in [0.2, 0.25) is 0 Å². The Balaban J connectivity index is 2.06. The number of nitrogens with two attached hydrogens (primary N) is 1. The van der Waals surface area contributed by atoms with Gasteiger partial charge in [-0.1, -0.05) is 0 Å². The van der Waals surface area contributed by atoms with Gasteiger partial charge >= 0.3 is 6.36 Å². The average molecular weight is 378 g/mol. The van der Waals surface area contributed by atoms with E-state index in [9.17, 15) is 18.0 Å². The topological polar surface area (TPSA) is 87.1 Å². The molecular formula is C18H13F3N2O4. The summed E-state index contributed by atoms with van der Waals surface area (Å²) in [4.78, 5) is 15.9. The van der Waals surface area contributed by atoms with Gasteiger partial charge in [-0.3, -0.25) is 4.79 Å². The lowest BCUT2D eigenvalue weighted by Gasteiger charge is -2.08. The lowest BCUT2D eigenvalue weighted by Crippen LogP contribution is -2.21. The summed E-state index contributed by atoms with van der Waals surface area (Å²) in [5.74, 6) is -0.587. The molecule has 0 radical (unpaired) electrons. The zero-order valence-corrected chi connectivity index (χ0v) is 13.9. The average Bonchev–Trinajstić information content (AvgIpc) is 2.61. The van der Waals surface area contributed by atoms with Gasteiger partial charge in [-0.25, -0.2) is 4.99 Å². The van der Waals surface area contributed by atoms with Crippen molar-refractivity contribution in [1.29, 1.82) is 0 Å². The highest BCUT2D eigenvalue weighted by Crippen LogP contribution is 2.25. The fourth-order valence-corrected chi connectivity index (χ4v) is 2.33. The van der Waals surface area contributed by atoms with Gasteiger partial charge in [0.15, 0.2) is 0 Å². The Bertz CT molecular complexity index is 1060. The van der Waals surface area contributed by atoms with Crippen LogP contribution >= 0.6 is 0 Å². The lowest BCUT2D eigenvalue weighted by molar-refractivity contribution is -0.274. The summed E-state index contributed by atoms with van der Waals surface area (Å²) in [6.45, 7) is 0. The summed E-state index contributed by atoms with van der Waals surface area (Å²) in [5.41, 5.74) is 6.02. The number of rotatable bonds is 4. The summed E-state index contributed by atoms with van der Waals surface area (Å²) in [7, 11) is 1.50. The fraction of sp³-hybridized carbons (Fsp3) is 0.111. The van der Waals surface area contributed by atoms with Gasteiger partial charge < -0.3 is 19.6 Å². The Kier molecular flexibility index (Phi) is 4.76. The van der Waals surface area contributed by atoms with Gasteiger partial charge in [0.1, 0.15) is 22.6 Å². The molecule has 0 unspecified atom stereocenters. The molecule has 2 N–H and O–H groups in total. The zero-order chi connectivity index (χ0) is 19.6. The molecule has 6 nitrogen and oxygen atoms in total. The highest BCUT2D eigenvalue weighted by atomic mass is 19.4. The van der Waals surface area contributed by atoms with Crippen molar-refractivity contribution in [3.05, 3.63) is 59.6 Å². The molecule has 0 saturated heterocycles. The highest BCUT2D eigenvalue weighted by molar-refractivity contribution is 5.95. The first-order chi connectivity index (χ1) is 12.7. The molecule has 0 bridgehead atoms. The van der Waals surface area contributed by atoms with Gasteiger partial charge in [0.2, 0.25) is 5.55 Å². The quantitative estimate of drug-likeness (QED) is 0.750. The largest absolute Gasteiger partial charge is 0.573 e. The molecule has 0 aliphatic heterocycles. The van der Waals surface area contributed by atoms with Crippen LogP contribution in [0.3, 0.4) is 0 Å². The fourth-order valence-electron chi connectivity index (χ4n) is 2.33. The third kappa shape index (κ3) is 4.38. The molecule has 140 valence electrons. The monoisotopic (exact) mass is 378 g/mol. The third-order valence-electron chi connectivity index (χ3n) is 3.52. The maximum Gasteiger partial charge on any atom is 0.573 e. The first-order valence-electron chi connectivity index (χ1n) is 7.57. The molecule has 9 heteroatoms. The second-order valence-electron chi connectivity index (χ2n) is 5.39. The number of halogens is 3. The normalized spacial score (nSPS) is 12.2. The molecule has 2 aromatic carbocycles. The second kappa shape index (κ2) is 7.02. The Labute approximate surface area is 150 Å². The second-order valence-corrected chi connectivity index (χ2v) is 5.39. The Morgan fingerprint density at radius 2 is 1.74 bits per heavy atom. The Morgan fingerprint density at radius 3 is 2.33 bits per heavy atom. The number of carbonyl (C=O) groups is 1. The number of fused-ring (bicyclic) bond motifs is 1. The van der Waals surface area contributed by atoms with E-state index in [0.717, 1.165) is 12.1 Å². The summed E-state index contributed by atoms with van der Waals surface area (Å²) in [5, 5.41) is 0.580. The lowest BCUT2D eigenvalue weighted by atomic mass is 10.1. The van der Waals surface area contributed by atoms with E-state index in [1.165, 1.54) is 25.3 Å². The van der Waals surface area contributed by atoms with Gasteiger partial charge in [-0.2, -0.15) is 0 Å². The maximum atomic E-state index is 12.2.